The maximum atomic E-state index is 13.0. The fourth-order valence-electron chi connectivity index (χ4n) is 1.82. The molecule has 0 saturated heterocycles. The maximum absolute atomic E-state index is 13.0. The van der Waals surface area contributed by atoms with Crippen molar-refractivity contribution in [2.24, 2.45) is 5.41 Å². The number of alkyl halides is 3. The number of aryl methyl sites for hydroxylation is 1. The number of methoxy groups -OCH3 is 1. The Kier molecular flexibility index (Phi) is 4.71. The topological polar surface area (TPSA) is 29.5 Å². The molecular formula is C14H19F3O2. The summed E-state index contributed by atoms with van der Waals surface area (Å²) in [6, 6.07) is 4.62. The molecule has 0 aliphatic carbocycles. The first-order valence-corrected chi connectivity index (χ1v) is 6.16. The zero-order valence-electron chi connectivity index (χ0n) is 11.3. The van der Waals surface area contributed by atoms with Crippen LogP contribution in [0.3, 0.4) is 0 Å². The molecule has 0 saturated carbocycles. The number of ether oxygens (including phenoxy) is 1. The van der Waals surface area contributed by atoms with Crippen molar-refractivity contribution in [3.8, 4) is 11.5 Å². The first-order chi connectivity index (χ1) is 8.73. The van der Waals surface area contributed by atoms with E-state index in [1.165, 1.54) is 20.1 Å². The van der Waals surface area contributed by atoms with Crippen LogP contribution in [0.25, 0.3) is 0 Å². The molecule has 0 amide bonds. The Morgan fingerprint density at radius 3 is 2.37 bits per heavy atom. The van der Waals surface area contributed by atoms with Gasteiger partial charge in [-0.1, -0.05) is 19.9 Å². The Morgan fingerprint density at radius 1 is 1.26 bits per heavy atom. The van der Waals surface area contributed by atoms with E-state index < -0.39 is 11.6 Å². The SMILES string of the molecule is CCC(C)(CCc1ccc(O)c(OC)c1)C(F)(F)F. The Bertz CT molecular complexity index is 429. The van der Waals surface area contributed by atoms with Gasteiger partial charge in [-0.05, 0) is 37.0 Å². The van der Waals surface area contributed by atoms with E-state index in [2.05, 4.69) is 0 Å². The van der Waals surface area contributed by atoms with Crippen molar-refractivity contribution in [3.63, 3.8) is 0 Å². The van der Waals surface area contributed by atoms with Gasteiger partial charge in [0.2, 0.25) is 0 Å². The van der Waals surface area contributed by atoms with Gasteiger partial charge in [-0.15, -0.1) is 0 Å². The van der Waals surface area contributed by atoms with Crippen LogP contribution in [0.4, 0.5) is 13.2 Å². The molecule has 1 unspecified atom stereocenters. The summed E-state index contributed by atoms with van der Waals surface area (Å²) in [5.74, 6) is 0.267. The molecule has 1 rings (SSSR count). The molecule has 0 aliphatic rings. The summed E-state index contributed by atoms with van der Waals surface area (Å²) < 4.78 is 43.8. The number of rotatable bonds is 5. The molecule has 0 aromatic heterocycles. The van der Waals surface area contributed by atoms with Gasteiger partial charge in [-0.25, -0.2) is 0 Å². The Morgan fingerprint density at radius 2 is 1.89 bits per heavy atom. The van der Waals surface area contributed by atoms with Crippen LogP contribution in [0.1, 0.15) is 32.3 Å². The number of phenols is 1. The predicted octanol–water partition coefficient (Wildman–Crippen LogP) is 4.31. The number of hydrogen-bond acceptors (Lipinski definition) is 2. The smallest absolute Gasteiger partial charge is 0.394 e. The van der Waals surface area contributed by atoms with Gasteiger partial charge in [0.05, 0.1) is 12.5 Å². The summed E-state index contributed by atoms with van der Waals surface area (Å²) in [6.07, 6.45) is -3.85. The zero-order valence-corrected chi connectivity index (χ0v) is 11.3. The van der Waals surface area contributed by atoms with Gasteiger partial charge in [0, 0.05) is 0 Å². The van der Waals surface area contributed by atoms with E-state index >= 15 is 0 Å². The van der Waals surface area contributed by atoms with Crippen LogP contribution < -0.4 is 4.74 Å². The first kappa shape index (κ1) is 15.7. The van der Waals surface area contributed by atoms with E-state index in [9.17, 15) is 18.3 Å². The van der Waals surface area contributed by atoms with Gasteiger partial charge in [-0.3, -0.25) is 0 Å². The molecule has 0 radical (unpaired) electrons. The lowest BCUT2D eigenvalue weighted by atomic mass is 9.81. The molecule has 2 nitrogen and oxygen atoms in total. The third kappa shape index (κ3) is 3.55. The lowest BCUT2D eigenvalue weighted by molar-refractivity contribution is -0.221. The van der Waals surface area contributed by atoms with Crippen LogP contribution in [0.2, 0.25) is 0 Å². The van der Waals surface area contributed by atoms with E-state index in [1.807, 2.05) is 0 Å². The van der Waals surface area contributed by atoms with Crippen molar-refractivity contribution in [2.45, 2.75) is 39.3 Å². The molecule has 5 heteroatoms. The quantitative estimate of drug-likeness (QED) is 0.868. The summed E-state index contributed by atoms with van der Waals surface area (Å²) in [5, 5.41) is 9.43. The van der Waals surface area contributed by atoms with E-state index in [0.717, 1.165) is 5.56 Å². The van der Waals surface area contributed by atoms with E-state index in [-0.39, 0.29) is 24.3 Å². The van der Waals surface area contributed by atoms with Gasteiger partial charge in [0.15, 0.2) is 11.5 Å². The average Bonchev–Trinajstić information content (AvgIpc) is 2.36. The Balaban J connectivity index is 2.81. The molecular weight excluding hydrogens is 257 g/mol. The van der Waals surface area contributed by atoms with Crippen LogP contribution >= 0.6 is 0 Å². The summed E-state index contributed by atoms with van der Waals surface area (Å²) in [5.41, 5.74) is -0.962. The monoisotopic (exact) mass is 276 g/mol. The third-order valence-electron chi connectivity index (χ3n) is 3.67. The highest BCUT2D eigenvalue weighted by Crippen LogP contribution is 2.44. The number of phenolic OH excluding ortho intramolecular Hbond substituents is 1. The van der Waals surface area contributed by atoms with E-state index in [4.69, 9.17) is 4.74 Å². The van der Waals surface area contributed by atoms with Crippen molar-refractivity contribution in [3.05, 3.63) is 23.8 Å². The minimum absolute atomic E-state index is 0.0136. The summed E-state index contributed by atoms with van der Waals surface area (Å²) in [4.78, 5) is 0. The van der Waals surface area contributed by atoms with Crippen molar-refractivity contribution in [2.75, 3.05) is 7.11 Å². The molecule has 0 aliphatic heterocycles. The highest BCUT2D eigenvalue weighted by Gasteiger charge is 2.48. The minimum atomic E-state index is -4.21. The van der Waals surface area contributed by atoms with E-state index in [1.54, 1.807) is 19.1 Å². The minimum Gasteiger partial charge on any atom is -0.504 e. The Labute approximate surface area is 111 Å². The van der Waals surface area contributed by atoms with Crippen LogP contribution in [-0.2, 0) is 6.42 Å². The van der Waals surface area contributed by atoms with Crippen molar-refractivity contribution >= 4 is 0 Å². The van der Waals surface area contributed by atoms with Crippen LogP contribution in [0.15, 0.2) is 18.2 Å². The molecule has 0 spiro atoms. The third-order valence-corrected chi connectivity index (χ3v) is 3.67. The van der Waals surface area contributed by atoms with Crippen LogP contribution in [0.5, 0.6) is 11.5 Å². The number of hydrogen-bond donors (Lipinski definition) is 1. The summed E-state index contributed by atoms with van der Waals surface area (Å²) >= 11 is 0. The highest BCUT2D eigenvalue weighted by atomic mass is 19.4. The predicted molar refractivity (Wildman–Crippen MR) is 67.4 cm³/mol. The van der Waals surface area contributed by atoms with Gasteiger partial charge >= 0.3 is 6.18 Å². The second-order valence-electron chi connectivity index (χ2n) is 4.92. The van der Waals surface area contributed by atoms with Gasteiger partial charge in [0.25, 0.3) is 0 Å². The molecule has 1 N–H and O–H groups in total. The van der Waals surface area contributed by atoms with Gasteiger partial charge in [-0.2, -0.15) is 13.2 Å². The largest absolute Gasteiger partial charge is 0.504 e. The van der Waals surface area contributed by atoms with Crippen molar-refractivity contribution in [1.82, 2.24) is 0 Å². The van der Waals surface area contributed by atoms with Crippen LogP contribution in [0, 0.1) is 5.41 Å². The lowest BCUT2D eigenvalue weighted by Gasteiger charge is -2.31. The maximum Gasteiger partial charge on any atom is 0.394 e. The fourth-order valence-corrected chi connectivity index (χ4v) is 1.82. The summed E-state index contributed by atoms with van der Waals surface area (Å²) in [6.45, 7) is 2.79. The molecule has 1 aromatic rings. The van der Waals surface area contributed by atoms with E-state index in [0.29, 0.717) is 6.42 Å². The van der Waals surface area contributed by atoms with Crippen LogP contribution in [-0.4, -0.2) is 18.4 Å². The number of aromatic hydroxyl groups is 1. The number of benzene rings is 1. The molecule has 19 heavy (non-hydrogen) atoms. The fraction of sp³-hybridized carbons (Fsp3) is 0.571. The molecule has 0 heterocycles. The lowest BCUT2D eigenvalue weighted by Crippen LogP contribution is -2.35. The molecule has 108 valence electrons. The van der Waals surface area contributed by atoms with Crippen molar-refractivity contribution in [1.29, 1.82) is 0 Å². The number of halogens is 3. The summed E-state index contributed by atoms with van der Waals surface area (Å²) in [7, 11) is 1.41. The van der Waals surface area contributed by atoms with Gasteiger partial charge in [0.1, 0.15) is 0 Å². The zero-order chi connectivity index (χ0) is 14.7. The normalized spacial score (nSPS) is 15.1. The molecule has 1 aromatic carbocycles. The first-order valence-electron chi connectivity index (χ1n) is 6.16. The molecule has 0 bridgehead atoms. The second-order valence-corrected chi connectivity index (χ2v) is 4.92. The molecule has 0 fully saturated rings. The van der Waals surface area contributed by atoms with Crippen molar-refractivity contribution < 1.29 is 23.0 Å². The second kappa shape index (κ2) is 5.72. The molecule has 1 atom stereocenters. The van der Waals surface area contributed by atoms with Gasteiger partial charge < -0.3 is 9.84 Å². The average molecular weight is 276 g/mol. The Hall–Kier alpha value is -1.39. The highest BCUT2D eigenvalue weighted by molar-refractivity contribution is 5.41. The standard InChI is InChI=1S/C14H19F3O2/c1-4-13(2,14(15,16)17)8-7-10-5-6-11(18)12(9-10)19-3/h5-6,9,18H,4,7-8H2,1-3H3.